The van der Waals surface area contributed by atoms with Crippen molar-refractivity contribution in [2.45, 2.75) is 39.8 Å². The average molecular weight is 241 g/mol. The van der Waals surface area contributed by atoms with Crippen LogP contribution in [0.4, 0.5) is 0 Å². The van der Waals surface area contributed by atoms with Crippen molar-refractivity contribution >= 4 is 11.3 Å². The first-order chi connectivity index (χ1) is 7.56. The smallest absolute Gasteiger partial charge is 0.0618 e. The van der Waals surface area contributed by atoms with E-state index in [9.17, 15) is 0 Å². The molecule has 2 atom stereocenters. The molecule has 1 aromatic heterocycles. The Kier molecular flexibility index (Phi) is 5.46. The normalized spacial score (nSPS) is 15.4. The van der Waals surface area contributed by atoms with Crippen LogP contribution in [0.3, 0.4) is 0 Å². The first-order valence-electron chi connectivity index (χ1n) is 5.85. The molecule has 1 N–H and O–H groups in total. The molecule has 1 rings (SSSR count). The number of ether oxygens (including phenoxy) is 1. The SMILES string of the molecule is COCC(NC(C)c1sccc1C)C(C)C. The predicted molar refractivity (Wildman–Crippen MR) is 71.1 cm³/mol. The molecule has 1 heterocycles. The van der Waals surface area contributed by atoms with Crippen LogP contribution in [-0.4, -0.2) is 19.8 Å². The zero-order valence-electron chi connectivity index (χ0n) is 10.9. The van der Waals surface area contributed by atoms with E-state index >= 15 is 0 Å². The van der Waals surface area contributed by atoms with Crippen LogP contribution in [-0.2, 0) is 4.74 Å². The Hall–Kier alpha value is -0.380. The third kappa shape index (κ3) is 3.58. The van der Waals surface area contributed by atoms with Crippen molar-refractivity contribution in [1.29, 1.82) is 0 Å². The van der Waals surface area contributed by atoms with Gasteiger partial charge in [0.2, 0.25) is 0 Å². The van der Waals surface area contributed by atoms with Gasteiger partial charge in [-0.05, 0) is 36.8 Å². The Morgan fingerprint density at radius 2 is 2.06 bits per heavy atom. The highest BCUT2D eigenvalue weighted by atomic mass is 32.1. The van der Waals surface area contributed by atoms with Crippen LogP contribution >= 0.6 is 11.3 Å². The summed E-state index contributed by atoms with van der Waals surface area (Å²) >= 11 is 1.83. The van der Waals surface area contributed by atoms with E-state index < -0.39 is 0 Å². The van der Waals surface area contributed by atoms with Crippen molar-refractivity contribution in [3.05, 3.63) is 21.9 Å². The Labute approximate surface area is 103 Å². The van der Waals surface area contributed by atoms with Gasteiger partial charge in [-0.1, -0.05) is 13.8 Å². The van der Waals surface area contributed by atoms with Crippen molar-refractivity contribution in [3.8, 4) is 0 Å². The summed E-state index contributed by atoms with van der Waals surface area (Å²) in [6.07, 6.45) is 0. The van der Waals surface area contributed by atoms with Crippen LogP contribution in [0, 0.1) is 12.8 Å². The zero-order valence-corrected chi connectivity index (χ0v) is 11.7. The first-order valence-corrected chi connectivity index (χ1v) is 6.73. The molecule has 0 amide bonds. The Morgan fingerprint density at radius 1 is 1.38 bits per heavy atom. The van der Waals surface area contributed by atoms with Gasteiger partial charge in [0.15, 0.2) is 0 Å². The molecule has 0 saturated carbocycles. The minimum Gasteiger partial charge on any atom is -0.383 e. The highest BCUT2D eigenvalue weighted by Crippen LogP contribution is 2.24. The van der Waals surface area contributed by atoms with Crippen molar-refractivity contribution in [2.75, 3.05) is 13.7 Å². The number of aryl methyl sites for hydroxylation is 1. The molecule has 0 saturated heterocycles. The molecule has 3 heteroatoms. The van der Waals surface area contributed by atoms with Gasteiger partial charge in [-0.2, -0.15) is 0 Å². The van der Waals surface area contributed by atoms with E-state index in [0.29, 0.717) is 18.0 Å². The van der Waals surface area contributed by atoms with Crippen LogP contribution in [0.1, 0.15) is 37.3 Å². The van der Waals surface area contributed by atoms with Gasteiger partial charge in [0.05, 0.1) is 6.61 Å². The summed E-state index contributed by atoms with van der Waals surface area (Å²) in [4.78, 5) is 1.43. The van der Waals surface area contributed by atoms with E-state index in [-0.39, 0.29) is 0 Å². The fourth-order valence-corrected chi connectivity index (χ4v) is 2.78. The summed E-state index contributed by atoms with van der Waals surface area (Å²) in [6, 6.07) is 3.00. The average Bonchev–Trinajstić information content (AvgIpc) is 2.63. The molecule has 2 nitrogen and oxygen atoms in total. The van der Waals surface area contributed by atoms with Crippen molar-refractivity contribution in [1.82, 2.24) is 5.32 Å². The van der Waals surface area contributed by atoms with Gasteiger partial charge in [-0.15, -0.1) is 11.3 Å². The maximum Gasteiger partial charge on any atom is 0.0618 e. The van der Waals surface area contributed by atoms with E-state index in [4.69, 9.17) is 4.74 Å². The zero-order chi connectivity index (χ0) is 12.1. The lowest BCUT2D eigenvalue weighted by atomic mass is 10.0. The van der Waals surface area contributed by atoms with E-state index in [0.717, 1.165) is 6.61 Å². The molecule has 16 heavy (non-hydrogen) atoms. The fourth-order valence-electron chi connectivity index (χ4n) is 1.84. The second-order valence-electron chi connectivity index (χ2n) is 4.66. The van der Waals surface area contributed by atoms with E-state index in [1.165, 1.54) is 10.4 Å². The molecule has 0 aromatic carbocycles. The summed E-state index contributed by atoms with van der Waals surface area (Å²) in [5, 5.41) is 5.80. The van der Waals surface area contributed by atoms with Gasteiger partial charge in [-0.3, -0.25) is 0 Å². The lowest BCUT2D eigenvalue weighted by Crippen LogP contribution is -2.39. The number of hydrogen-bond donors (Lipinski definition) is 1. The predicted octanol–water partition coefficient (Wildman–Crippen LogP) is 3.38. The lowest BCUT2D eigenvalue weighted by Gasteiger charge is -2.25. The summed E-state index contributed by atoms with van der Waals surface area (Å²) in [7, 11) is 1.76. The highest BCUT2D eigenvalue weighted by Gasteiger charge is 2.18. The minimum absolute atomic E-state index is 0.405. The van der Waals surface area contributed by atoms with Crippen molar-refractivity contribution in [2.24, 2.45) is 5.92 Å². The summed E-state index contributed by atoms with van der Waals surface area (Å²) in [6.45, 7) is 9.62. The molecular weight excluding hydrogens is 218 g/mol. The van der Waals surface area contributed by atoms with Gasteiger partial charge in [0, 0.05) is 24.1 Å². The van der Waals surface area contributed by atoms with Crippen LogP contribution in [0.2, 0.25) is 0 Å². The number of rotatable bonds is 6. The van der Waals surface area contributed by atoms with Crippen molar-refractivity contribution in [3.63, 3.8) is 0 Å². The first kappa shape index (κ1) is 13.7. The minimum atomic E-state index is 0.405. The van der Waals surface area contributed by atoms with E-state index in [1.54, 1.807) is 7.11 Å². The van der Waals surface area contributed by atoms with Gasteiger partial charge >= 0.3 is 0 Å². The number of hydrogen-bond acceptors (Lipinski definition) is 3. The molecule has 0 aliphatic rings. The maximum absolute atomic E-state index is 5.25. The molecule has 0 spiro atoms. The van der Waals surface area contributed by atoms with Crippen LogP contribution < -0.4 is 5.32 Å². The van der Waals surface area contributed by atoms with Crippen molar-refractivity contribution < 1.29 is 4.74 Å². The quantitative estimate of drug-likeness (QED) is 0.824. The summed E-state index contributed by atoms with van der Waals surface area (Å²) in [5.74, 6) is 0.586. The van der Waals surface area contributed by atoms with Gasteiger partial charge in [0.1, 0.15) is 0 Å². The van der Waals surface area contributed by atoms with Gasteiger partial charge < -0.3 is 10.1 Å². The van der Waals surface area contributed by atoms with Crippen LogP contribution in [0.15, 0.2) is 11.4 Å². The molecule has 0 fully saturated rings. The second kappa shape index (κ2) is 6.38. The Balaban J connectivity index is 2.61. The molecule has 1 aromatic rings. The summed E-state index contributed by atoms with van der Waals surface area (Å²) in [5.41, 5.74) is 1.38. The molecule has 2 unspecified atom stereocenters. The number of methoxy groups -OCH3 is 1. The monoisotopic (exact) mass is 241 g/mol. The van der Waals surface area contributed by atoms with Crippen LogP contribution in [0.5, 0.6) is 0 Å². The molecule has 0 radical (unpaired) electrons. The van der Waals surface area contributed by atoms with Crippen LogP contribution in [0.25, 0.3) is 0 Å². The standard InChI is InChI=1S/C13H23NOS/c1-9(2)12(8-15-5)14-11(4)13-10(3)6-7-16-13/h6-7,9,11-12,14H,8H2,1-5H3. The largest absolute Gasteiger partial charge is 0.383 e. The van der Waals surface area contributed by atoms with Gasteiger partial charge in [-0.25, -0.2) is 0 Å². The van der Waals surface area contributed by atoms with Gasteiger partial charge in [0.25, 0.3) is 0 Å². The third-order valence-corrected chi connectivity index (χ3v) is 4.11. The Morgan fingerprint density at radius 3 is 2.50 bits per heavy atom. The maximum atomic E-state index is 5.25. The number of nitrogens with one attached hydrogen (secondary N) is 1. The molecule has 0 bridgehead atoms. The number of thiophene rings is 1. The molecule has 0 aliphatic heterocycles. The topological polar surface area (TPSA) is 21.3 Å². The summed E-state index contributed by atoms with van der Waals surface area (Å²) < 4.78 is 5.25. The Bertz CT molecular complexity index is 309. The molecular formula is C13H23NOS. The van der Waals surface area contributed by atoms with E-state index in [1.807, 2.05) is 11.3 Å². The second-order valence-corrected chi connectivity index (χ2v) is 5.61. The lowest BCUT2D eigenvalue weighted by molar-refractivity contribution is 0.142. The van der Waals surface area contributed by atoms with E-state index in [2.05, 4.69) is 44.5 Å². The highest BCUT2D eigenvalue weighted by molar-refractivity contribution is 7.10. The third-order valence-electron chi connectivity index (χ3n) is 2.91. The fraction of sp³-hybridized carbons (Fsp3) is 0.692. The molecule has 0 aliphatic carbocycles. The molecule has 92 valence electrons.